The van der Waals surface area contributed by atoms with Gasteiger partial charge in [0.15, 0.2) is 11.5 Å². The largest absolute Gasteiger partial charge is 0.489 e. The lowest BCUT2D eigenvalue weighted by Crippen LogP contribution is -2.25. The Kier molecular flexibility index (Phi) is 4.12. The van der Waals surface area contributed by atoms with Crippen molar-refractivity contribution >= 4 is 11.0 Å². The summed E-state index contributed by atoms with van der Waals surface area (Å²) in [5, 5.41) is 0.971. The van der Waals surface area contributed by atoms with Gasteiger partial charge in [-0.3, -0.25) is 0 Å². The summed E-state index contributed by atoms with van der Waals surface area (Å²) in [5.41, 5.74) is 6.32. The molecule has 0 saturated heterocycles. The fourth-order valence-corrected chi connectivity index (χ4v) is 1.87. The number of hydrogen-bond donors (Lipinski definition) is 1. The summed E-state index contributed by atoms with van der Waals surface area (Å²) in [4.78, 5) is 0. The first kappa shape index (κ1) is 13.9. The van der Waals surface area contributed by atoms with Gasteiger partial charge in [0.05, 0.1) is 24.1 Å². The van der Waals surface area contributed by atoms with Crippen molar-refractivity contribution in [1.29, 1.82) is 0 Å². The minimum absolute atomic E-state index is 0.192. The molecule has 0 fully saturated rings. The van der Waals surface area contributed by atoms with Crippen molar-refractivity contribution in [3.8, 4) is 5.75 Å². The molecule has 0 aliphatic rings. The summed E-state index contributed by atoms with van der Waals surface area (Å²) in [5.74, 6) is 1.45. The number of fused-ring (bicyclic) bond motifs is 1. The van der Waals surface area contributed by atoms with Gasteiger partial charge in [-0.2, -0.15) is 0 Å². The van der Waals surface area contributed by atoms with Crippen LogP contribution in [0.3, 0.4) is 0 Å². The fraction of sp³-hybridized carbons (Fsp3) is 0.467. The number of nitrogens with two attached hydrogens (primary N) is 1. The standard InChI is InChI=1S/C15H21NO3/c1-15(2,17-3)8-9-18-14-11-6-4-5-7-12(11)19-13(14)10-16/h4-7H,8-10,16H2,1-3H3. The Bertz CT molecular complexity index is 545. The Labute approximate surface area is 113 Å². The molecule has 0 saturated carbocycles. The number of furan rings is 1. The minimum Gasteiger partial charge on any atom is -0.489 e. The fourth-order valence-electron chi connectivity index (χ4n) is 1.87. The maximum absolute atomic E-state index is 5.87. The molecule has 0 unspecified atom stereocenters. The van der Waals surface area contributed by atoms with Crippen LogP contribution >= 0.6 is 0 Å². The van der Waals surface area contributed by atoms with E-state index < -0.39 is 0 Å². The number of ether oxygens (including phenoxy) is 2. The lowest BCUT2D eigenvalue weighted by atomic mass is 10.1. The number of methoxy groups -OCH3 is 1. The van der Waals surface area contributed by atoms with E-state index in [1.165, 1.54) is 0 Å². The van der Waals surface area contributed by atoms with Crippen LogP contribution in [0.2, 0.25) is 0 Å². The van der Waals surface area contributed by atoms with Gasteiger partial charge >= 0.3 is 0 Å². The van der Waals surface area contributed by atoms with Gasteiger partial charge in [0, 0.05) is 13.5 Å². The van der Waals surface area contributed by atoms with Crippen molar-refractivity contribution in [3.05, 3.63) is 30.0 Å². The molecule has 1 aromatic carbocycles. The van der Waals surface area contributed by atoms with Gasteiger partial charge < -0.3 is 19.6 Å². The molecule has 0 bridgehead atoms. The Morgan fingerprint density at radius 2 is 2.00 bits per heavy atom. The Morgan fingerprint density at radius 3 is 2.68 bits per heavy atom. The topological polar surface area (TPSA) is 57.6 Å². The Balaban J connectivity index is 2.15. The van der Waals surface area contributed by atoms with Crippen LogP contribution in [-0.2, 0) is 11.3 Å². The van der Waals surface area contributed by atoms with Gasteiger partial charge in [-0.25, -0.2) is 0 Å². The van der Waals surface area contributed by atoms with E-state index >= 15 is 0 Å². The number of hydrogen-bond acceptors (Lipinski definition) is 4. The number of benzene rings is 1. The van der Waals surface area contributed by atoms with Crippen molar-refractivity contribution < 1.29 is 13.9 Å². The van der Waals surface area contributed by atoms with Crippen molar-refractivity contribution in [2.75, 3.05) is 13.7 Å². The van der Waals surface area contributed by atoms with E-state index in [0.29, 0.717) is 18.9 Å². The van der Waals surface area contributed by atoms with Crippen LogP contribution in [0.5, 0.6) is 5.75 Å². The number of rotatable bonds is 6. The summed E-state index contributed by atoms with van der Waals surface area (Å²) in [6, 6.07) is 7.79. The molecule has 0 atom stereocenters. The van der Waals surface area contributed by atoms with E-state index in [0.717, 1.165) is 23.1 Å². The predicted molar refractivity (Wildman–Crippen MR) is 75.3 cm³/mol. The minimum atomic E-state index is -0.192. The van der Waals surface area contributed by atoms with Crippen LogP contribution in [0.4, 0.5) is 0 Å². The van der Waals surface area contributed by atoms with Crippen LogP contribution in [0, 0.1) is 0 Å². The average molecular weight is 263 g/mol. The Hall–Kier alpha value is -1.52. The van der Waals surface area contributed by atoms with Crippen molar-refractivity contribution in [2.45, 2.75) is 32.4 Å². The average Bonchev–Trinajstić information content (AvgIpc) is 2.77. The van der Waals surface area contributed by atoms with Gasteiger partial charge in [0.25, 0.3) is 0 Å². The summed E-state index contributed by atoms with van der Waals surface area (Å²) in [6.45, 7) is 4.97. The highest BCUT2D eigenvalue weighted by Crippen LogP contribution is 2.33. The summed E-state index contributed by atoms with van der Waals surface area (Å²) in [6.07, 6.45) is 0.799. The first-order valence-electron chi connectivity index (χ1n) is 6.46. The van der Waals surface area contributed by atoms with E-state index in [1.807, 2.05) is 38.1 Å². The van der Waals surface area contributed by atoms with Crippen LogP contribution < -0.4 is 10.5 Å². The molecule has 2 N–H and O–H groups in total. The highest BCUT2D eigenvalue weighted by Gasteiger charge is 2.18. The second kappa shape index (κ2) is 5.63. The molecule has 0 spiro atoms. The third kappa shape index (κ3) is 3.08. The molecule has 4 nitrogen and oxygen atoms in total. The third-order valence-corrected chi connectivity index (χ3v) is 3.31. The zero-order chi connectivity index (χ0) is 13.9. The monoisotopic (exact) mass is 263 g/mol. The van der Waals surface area contributed by atoms with Gasteiger partial charge in [-0.05, 0) is 26.0 Å². The quantitative estimate of drug-likeness (QED) is 0.870. The molecular formula is C15H21NO3. The van der Waals surface area contributed by atoms with Crippen LogP contribution in [-0.4, -0.2) is 19.3 Å². The van der Waals surface area contributed by atoms with Crippen molar-refractivity contribution in [2.24, 2.45) is 5.73 Å². The Morgan fingerprint density at radius 1 is 1.26 bits per heavy atom. The van der Waals surface area contributed by atoms with Crippen molar-refractivity contribution in [1.82, 2.24) is 0 Å². The molecular weight excluding hydrogens is 242 g/mol. The molecule has 1 aromatic heterocycles. The van der Waals surface area contributed by atoms with Gasteiger partial charge in [-0.15, -0.1) is 0 Å². The van der Waals surface area contributed by atoms with Gasteiger partial charge in [0.2, 0.25) is 0 Å². The smallest absolute Gasteiger partial charge is 0.169 e. The lowest BCUT2D eigenvalue weighted by molar-refractivity contribution is 0.00540. The maximum atomic E-state index is 5.87. The SMILES string of the molecule is COC(C)(C)CCOc1c(CN)oc2ccccc12. The molecule has 104 valence electrons. The molecule has 0 amide bonds. The summed E-state index contributed by atoms with van der Waals surface area (Å²) in [7, 11) is 1.71. The zero-order valence-corrected chi connectivity index (χ0v) is 11.7. The molecule has 2 aromatic rings. The highest BCUT2D eigenvalue weighted by atomic mass is 16.5. The molecule has 0 radical (unpaired) electrons. The first-order valence-corrected chi connectivity index (χ1v) is 6.46. The summed E-state index contributed by atoms with van der Waals surface area (Å²) < 4.78 is 16.9. The van der Waals surface area contributed by atoms with Gasteiger partial charge in [-0.1, -0.05) is 12.1 Å². The second-order valence-corrected chi connectivity index (χ2v) is 5.12. The lowest BCUT2D eigenvalue weighted by Gasteiger charge is -2.22. The molecule has 1 heterocycles. The van der Waals surface area contributed by atoms with Crippen LogP contribution in [0.15, 0.2) is 28.7 Å². The van der Waals surface area contributed by atoms with Crippen LogP contribution in [0.1, 0.15) is 26.0 Å². The molecule has 4 heteroatoms. The molecule has 19 heavy (non-hydrogen) atoms. The number of para-hydroxylation sites is 1. The van der Waals surface area contributed by atoms with E-state index in [9.17, 15) is 0 Å². The second-order valence-electron chi connectivity index (χ2n) is 5.12. The summed E-state index contributed by atoms with van der Waals surface area (Å²) >= 11 is 0. The van der Waals surface area contributed by atoms with Gasteiger partial charge in [0.1, 0.15) is 5.58 Å². The van der Waals surface area contributed by atoms with Crippen LogP contribution in [0.25, 0.3) is 11.0 Å². The normalized spacial score (nSPS) is 12.0. The highest BCUT2D eigenvalue weighted by molar-refractivity contribution is 5.85. The van der Waals surface area contributed by atoms with Crippen molar-refractivity contribution in [3.63, 3.8) is 0 Å². The third-order valence-electron chi connectivity index (χ3n) is 3.31. The van der Waals surface area contributed by atoms with E-state index in [-0.39, 0.29) is 5.60 Å². The van der Waals surface area contributed by atoms with E-state index in [2.05, 4.69) is 0 Å². The predicted octanol–water partition coefficient (Wildman–Crippen LogP) is 3.09. The molecule has 0 aliphatic carbocycles. The first-order chi connectivity index (χ1) is 9.07. The maximum Gasteiger partial charge on any atom is 0.169 e. The molecule has 0 aliphatic heterocycles. The van der Waals surface area contributed by atoms with E-state index in [4.69, 9.17) is 19.6 Å². The zero-order valence-electron chi connectivity index (χ0n) is 11.7. The molecule has 2 rings (SSSR count). The van der Waals surface area contributed by atoms with E-state index in [1.54, 1.807) is 7.11 Å².